The molecule has 0 aliphatic carbocycles. The molecule has 0 saturated heterocycles. The molecule has 0 amide bonds. The lowest BCUT2D eigenvalue weighted by atomic mass is 10.1. The van der Waals surface area contributed by atoms with Gasteiger partial charge in [0, 0.05) is 17.1 Å². The summed E-state index contributed by atoms with van der Waals surface area (Å²) in [5.74, 6) is 0.852. The number of hydrogen-bond donors (Lipinski definition) is 2. The number of aryl methyl sites for hydroxylation is 1. The van der Waals surface area contributed by atoms with Crippen LogP contribution in [0.5, 0.6) is 0 Å². The molecule has 0 bridgehead atoms. The van der Waals surface area contributed by atoms with Gasteiger partial charge in [0.15, 0.2) is 5.84 Å². The van der Waals surface area contributed by atoms with E-state index in [0.29, 0.717) is 5.56 Å². The third-order valence-electron chi connectivity index (χ3n) is 3.00. The Morgan fingerprint density at radius 2 is 2.00 bits per heavy atom. The maximum absolute atomic E-state index is 8.87. The summed E-state index contributed by atoms with van der Waals surface area (Å²) in [6.07, 6.45) is 0. The predicted octanol–water partition coefficient (Wildman–Crippen LogP) is 3.01. The summed E-state index contributed by atoms with van der Waals surface area (Å²) in [6.45, 7) is 1.93. The standard InChI is InChI=1S/C14H15BrN4O/c1-9-11(15)7-8-13(17-9)19(2)12-6-4-3-5-10(12)14(16)18-20/h3-8,20H,1-2H3,(H2,16,18). The Balaban J connectivity index is 2.48. The summed E-state index contributed by atoms with van der Waals surface area (Å²) in [5, 5.41) is 11.9. The molecule has 1 aromatic carbocycles. The highest BCUT2D eigenvalue weighted by atomic mass is 79.9. The number of nitrogens with zero attached hydrogens (tertiary/aromatic N) is 3. The number of rotatable bonds is 3. The topological polar surface area (TPSA) is 74.7 Å². The van der Waals surface area contributed by atoms with E-state index in [9.17, 15) is 0 Å². The lowest BCUT2D eigenvalue weighted by molar-refractivity contribution is 0.318. The average molecular weight is 335 g/mol. The molecule has 0 fully saturated rings. The van der Waals surface area contributed by atoms with E-state index >= 15 is 0 Å². The number of aromatic nitrogens is 1. The molecule has 0 unspecified atom stereocenters. The molecule has 20 heavy (non-hydrogen) atoms. The van der Waals surface area contributed by atoms with Crippen LogP contribution in [-0.4, -0.2) is 23.1 Å². The van der Waals surface area contributed by atoms with Crippen LogP contribution in [0.3, 0.4) is 0 Å². The van der Waals surface area contributed by atoms with Crippen LogP contribution in [0, 0.1) is 6.92 Å². The van der Waals surface area contributed by atoms with Crippen molar-refractivity contribution >= 4 is 33.3 Å². The summed E-state index contributed by atoms with van der Waals surface area (Å²) in [4.78, 5) is 6.41. The molecule has 0 atom stereocenters. The largest absolute Gasteiger partial charge is 0.409 e. The van der Waals surface area contributed by atoms with E-state index < -0.39 is 0 Å². The molecule has 0 spiro atoms. The van der Waals surface area contributed by atoms with Gasteiger partial charge < -0.3 is 15.8 Å². The number of hydrogen-bond acceptors (Lipinski definition) is 4. The highest BCUT2D eigenvalue weighted by molar-refractivity contribution is 9.10. The van der Waals surface area contributed by atoms with Crippen molar-refractivity contribution < 1.29 is 5.21 Å². The second-order valence-corrected chi connectivity index (χ2v) is 5.15. The molecule has 1 aromatic heterocycles. The number of pyridine rings is 1. The number of anilines is 2. The number of oxime groups is 1. The maximum atomic E-state index is 8.87. The zero-order valence-electron chi connectivity index (χ0n) is 11.2. The molecule has 6 heteroatoms. The van der Waals surface area contributed by atoms with Crippen LogP contribution in [-0.2, 0) is 0 Å². The molecule has 2 aromatic rings. The van der Waals surface area contributed by atoms with Crippen molar-refractivity contribution in [2.75, 3.05) is 11.9 Å². The Hall–Kier alpha value is -2.08. The Morgan fingerprint density at radius 3 is 2.65 bits per heavy atom. The van der Waals surface area contributed by atoms with E-state index in [2.05, 4.69) is 26.1 Å². The van der Waals surface area contributed by atoms with Gasteiger partial charge in [-0.2, -0.15) is 0 Å². The van der Waals surface area contributed by atoms with Crippen LogP contribution in [0.4, 0.5) is 11.5 Å². The molecule has 0 radical (unpaired) electrons. The van der Waals surface area contributed by atoms with Crippen LogP contribution in [0.1, 0.15) is 11.3 Å². The predicted molar refractivity (Wildman–Crippen MR) is 83.7 cm³/mol. The van der Waals surface area contributed by atoms with Crippen LogP contribution in [0.25, 0.3) is 0 Å². The molecule has 2 rings (SSSR count). The summed E-state index contributed by atoms with van der Waals surface area (Å²) < 4.78 is 0.958. The minimum atomic E-state index is 0.0706. The van der Waals surface area contributed by atoms with Crippen LogP contribution in [0.2, 0.25) is 0 Å². The van der Waals surface area contributed by atoms with Crippen molar-refractivity contribution in [3.63, 3.8) is 0 Å². The Kier molecular flexibility index (Phi) is 4.24. The summed E-state index contributed by atoms with van der Waals surface area (Å²) in [6, 6.07) is 11.3. The first-order valence-corrected chi connectivity index (χ1v) is 6.77. The van der Waals surface area contributed by atoms with Crippen molar-refractivity contribution in [2.45, 2.75) is 6.92 Å². The fraction of sp³-hybridized carbons (Fsp3) is 0.143. The fourth-order valence-corrected chi connectivity index (χ4v) is 2.10. The second-order valence-electron chi connectivity index (χ2n) is 4.30. The van der Waals surface area contributed by atoms with Crippen molar-refractivity contribution in [1.82, 2.24) is 4.98 Å². The first-order chi connectivity index (χ1) is 9.54. The van der Waals surface area contributed by atoms with Crippen LogP contribution in [0.15, 0.2) is 46.0 Å². The third-order valence-corrected chi connectivity index (χ3v) is 3.84. The molecule has 3 N–H and O–H groups in total. The van der Waals surface area contributed by atoms with Crippen LogP contribution >= 0.6 is 15.9 Å². The van der Waals surface area contributed by atoms with Gasteiger partial charge in [-0.3, -0.25) is 0 Å². The van der Waals surface area contributed by atoms with E-state index in [1.165, 1.54) is 0 Å². The summed E-state index contributed by atoms with van der Waals surface area (Å²) in [5.41, 5.74) is 8.08. The van der Waals surface area contributed by atoms with Crippen molar-refractivity contribution in [3.8, 4) is 0 Å². The number of para-hydroxylation sites is 1. The Bertz CT molecular complexity index is 657. The monoisotopic (exact) mass is 334 g/mol. The van der Waals surface area contributed by atoms with Crippen LogP contribution < -0.4 is 10.6 Å². The smallest absolute Gasteiger partial charge is 0.172 e. The van der Waals surface area contributed by atoms with E-state index in [0.717, 1.165) is 21.7 Å². The molecular weight excluding hydrogens is 320 g/mol. The van der Waals surface area contributed by atoms with Gasteiger partial charge in [0.05, 0.1) is 11.4 Å². The summed E-state index contributed by atoms with van der Waals surface area (Å²) in [7, 11) is 1.89. The normalized spacial score (nSPS) is 11.4. The zero-order chi connectivity index (χ0) is 14.7. The lowest BCUT2D eigenvalue weighted by Crippen LogP contribution is -2.20. The fourth-order valence-electron chi connectivity index (χ4n) is 1.88. The number of halogens is 1. The van der Waals surface area contributed by atoms with Gasteiger partial charge in [0.1, 0.15) is 5.82 Å². The molecule has 0 saturated carbocycles. The molecule has 1 heterocycles. The first kappa shape index (κ1) is 14.3. The lowest BCUT2D eigenvalue weighted by Gasteiger charge is -2.21. The van der Waals surface area contributed by atoms with Crippen molar-refractivity contribution in [2.24, 2.45) is 10.9 Å². The molecule has 104 valence electrons. The van der Waals surface area contributed by atoms with Gasteiger partial charge in [-0.1, -0.05) is 17.3 Å². The van der Waals surface area contributed by atoms with Gasteiger partial charge in [0.25, 0.3) is 0 Å². The van der Waals surface area contributed by atoms with E-state index in [-0.39, 0.29) is 5.84 Å². The van der Waals surface area contributed by atoms with Crippen molar-refractivity contribution in [3.05, 3.63) is 52.1 Å². The number of benzene rings is 1. The maximum Gasteiger partial charge on any atom is 0.172 e. The van der Waals surface area contributed by atoms with E-state index in [4.69, 9.17) is 10.9 Å². The van der Waals surface area contributed by atoms with E-state index in [1.54, 1.807) is 6.07 Å². The number of amidine groups is 1. The van der Waals surface area contributed by atoms with Gasteiger partial charge in [0.2, 0.25) is 0 Å². The third kappa shape index (κ3) is 2.75. The molecular formula is C14H15BrN4O. The van der Waals surface area contributed by atoms with Gasteiger partial charge >= 0.3 is 0 Å². The average Bonchev–Trinajstić information content (AvgIpc) is 2.48. The minimum absolute atomic E-state index is 0.0706. The quantitative estimate of drug-likeness (QED) is 0.391. The first-order valence-electron chi connectivity index (χ1n) is 5.98. The molecule has 0 aliphatic rings. The molecule has 0 aliphatic heterocycles. The van der Waals surface area contributed by atoms with Gasteiger partial charge in [-0.05, 0) is 47.1 Å². The Labute approximate surface area is 125 Å². The SMILES string of the molecule is Cc1nc(N(C)c2ccccc2/C(N)=N/O)ccc1Br. The highest BCUT2D eigenvalue weighted by Gasteiger charge is 2.13. The summed E-state index contributed by atoms with van der Waals surface area (Å²) >= 11 is 3.43. The van der Waals surface area contributed by atoms with E-state index in [1.807, 2.05) is 49.2 Å². The highest BCUT2D eigenvalue weighted by Crippen LogP contribution is 2.27. The Morgan fingerprint density at radius 1 is 1.30 bits per heavy atom. The van der Waals surface area contributed by atoms with Crippen molar-refractivity contribution in [1.29, 1.82) is 0 Å². The van der Waals surface area contributed by atoms with Gasteiger partial charge in [-0.15, -0.1) is 0 Å². The van der Waals surface area contributed by atoms with Gasteiger partial charge in [-0.25, -0.2) is 4.98 Å². The number of nitrogens with two attached hydrogens (primary N) is 1. The second kappa shape index (κ2) is 5.92. The molecule has 5 nitrogen and oxygen atoms in total. The zero-order valence-corrected chi connectivity index (χ0v) is 12.8. The minimum Gasteiger partial charge on any atom is -0.409 e.